The summed E-state index contributed by atoms with van der Waals surface area (Å²) in [6.07, 6.45) is 5.30. The maximum atomic E-state index is 5.69. The van der Waals surface area contributed by atoms with Crippen LogP contribution in [0.1, 0.15) is 42.2 Å². The van der Waals surface area contributed by atoms with Crippen LogP contribution in [0.5, 0.6) is 0 Å². The van der Waals surface area contributed by atoms with Crippen LogP contribution >= 0.6 is 0 Å². The molecule has 0 saturated heterocycles. The van der Waals surface area contributed by atoms with Gasteiger partial charge in [0.25, 0.3) is 0 Å². The van der Waals surface area contributed by atoms with E-state index in [0.717, 1.165) is 31.3 Å². The molecule has 1 saturated carbocycles. The van der Waals surface area contributed by atoms with Crippen molar-refractivity contribution in [2.75, 3.05) is 6.54 Å². The normalized spacial score (nSPS) is 14.7. The van der Waals surface area contributed by atoms with Crippen LogP contribution in [0.15, 0.2) is 28.7 Å². The van der Waals surface area contributed by atoms with E-state index in [-0.39, 0.29) is 0 Å². The number of nitrogens with one attached hydrogen (secondary N) is 1. The topological polar surface area (TPSA) is 51.0 Å². The fraction of sp³-hybridized carbons (Fsp3) is 0.500. The molecular formula is C16H21N3O. The first-order valence-electron chi connectivity index (χ1n) is 7.40. The first-order chi connectivity index (χ1) is 9.79. The molecule has 0 unspecified atom stereocenters. The Morgan fingerprint density at radius 3 is 2.65 bits per heavy atom. The molecule has 4 nitrogen and oxygen atoms in total. The van der Waals surface area contributed by atoms with E-state index >= 15 is 0 Å². The van der Waals surface area contributed by atoms with Gasteiger partial charge < -0.3 is 9.73 Å². The lowest BCUT2D eigenvalue weighted by Gasteiger charge is -1.99. The molecule has 2 aromatic rings. The lowest BCUT2D eigenvalue weighted by Crippen LogP contribution is -2.17. The molecule has 1 heterocycles. The molecule has 0 atom stereocenters. The van der Waals surface area contributed by atoms with Crippen molar-refractivity contribution in [2.45, 2.75) is 45.1 Å². The number of aryl methyl sites for hydroxylation is 2. The van der Waals surface area contributed by atoms with E-state index < -0.39 is 0 Å². The number of rotatable bonds is 7. The average molecular weight is 271 g/mol. The minimum Gasteiger partial charge on any atom is -0.425 e. The van der Waals surface area contributed by atoms with E-state index in [1.54, 1.807) is 0 Å². The second kappa shape index (κ2) is 6.18. The fourth-order valence-electron chi connectivity index (χ4n) is 2.17. The van der Waals surface area contributed by atoms with E-state index in [1.165, 1.54) is 24.0 Å². The Morgan fingerprint density at radius 1 is 1.15 bits per heavy atom. The van der Waals surface area contributed by atoms with E-state index in [0.29, 0.717) is 12.3 Å². The lowest BCUT2D eigenvalue weighted by molar-refractivity contribution is 0.449. The van der Waals surface area contributed by atoms with E-state index in [9.17, 15) is 0 Å². The predicted octanol–water partition coefficient (Wildman–Crippen LogP) is 2.65. The van der Waals surface area contributed by atoms with E-state index in [1.807, 2.05) is 0 Å². The minimum absolute atomic E-state index is 0.707. The predicted molar refractivity (Wildman–Crippen MR) is 77.6 cm³/mol. The number of aromatic nitrogens is 2. The summed E-state index contributed by atoms with van der Waals surface area (Å²) in [7, 11) is 0. The summed E-state index contributed by atoms with van der Waals surface area (Å²) in [4.78, 5) is 0. The standard InChI is InChI=1S/C16H21N3O/c1-12-4-6-13(7-5-12)11-16-19-18-15(20-16)3-2-10-17-14-8-9-14/h4-7,14,17H,2-3,8-11H2,1H3. The Kier molecular flexibility index (Phi) is 4.11. The molecule has 1 N–H and O–H groups in total. The van der Waals surface area contributed by atoms with Crippen LogP contribution in [-0.2, 0) is 12.8 Å². The zero-order chi connectivity index (χ0) is 13.8. The Labute approximate surface area is 119 Å². The van der Waals surface area contributed by atoms with Crippen molar-refractivity contribution in [3.05, 3.63) is 47.2 Å². The van der Waals surface area contributed by atoms with Gasteiger partial charge in [-0.2, -0.15) is 0 Å². The van der Waals surface area contributed by atoms with Crippen molar-refractivity contribution in [1.29, 1.82) is 0 Å². The molecule has 1 aromatic heterocycles. The van der Waals surface area contributed by atoms with Crippen molar-refractivity contribution in [3.63, 3.8) is 0 Å². The van der Waals surface area contributed by atoms with Crippen molar-refractivity contribution in [3.8, 4) is 0 Å². The molecule has 1 aliphatic rings. The molecule has 1 aromatic carbocycles. The fourth-order valence-corrected chi connectivity index (χ4v) is 2.17. The first kappa shape index (κ1) is 13.3. The molecule has 20 heavy (non-hydrogen) atoms. The van der Waals surface area contributed by atoms with Crippen molar-refractivity contribution < 1.29 is 4.42 Å². The second-order valence-corrected chi connectivity index (χ2v) is 5.58. The molecular weight excluding hydrogens is 250 g/mol. The van der Waals surface area contributed by atoms with Crippen LogP contribution in [0.2, 0.25) is 0 Å². The van der Waals surface area contributed by atoms with Gasteiger partial charge in [0.1, 0.15) is 0 Å². The van der Waals surface area contributed by atoms with Gasteiger partial charge in [-0.3, -0.25) is 0 Å². The largest absolute Gasteiger partial charge is 0.425 e. The zero-order valence-corrected chi connectivity index (χ0v) is 11.9. The van der Waals surface area contributed by atoms with Crippen molar-refractivity contribution in [1.82, 2.24) is 15.5 Å². The SMILES string of the molecule is Cc1ccc(Cc2nnc(CCCNC3CC3)o2)cc1. The molecule has 4 heteroatoms. The van der Waals surface area contributed by atoms with Gasteiger partial charge in [-0.05, 0) is 38.3 Å². The van der Waals surface area contributed by atoms with Crippen LogP contribution in [0, 0.1) is 6.92 Å². The van der Waals surface area contributed by atoms with Gasteiger partial charge in [-0.1, -0.05) is 29.8 Å². The van der Waals surface area contributed by atoms with Crippen LogP contribution in [0.4, 0.5) is 0 Å². The van der Waals surface area contributed by atoms with Crippen LogP contribution in [-0.4, -0.2) is 22.8 Å². The van der Waals surface area contributed by atoms with Gasteiger partial charge in [-0.15, -0.1) is 10.2 Å². The molecule has 106 valence electrons. The molecule has 0 spiro atoms. The summed E-state index contributed by atoms with van der Waals surface area (Å²) >= 11 is 0. The second-order valence-electron chi connectivity index (χ2n) is 5.58. The monoisotopic (exact) mass is 271 g/mol. The molecule has 0 aliphatic heterocycles. The van der Waals surface area contributed by atoms with Crippen LogP contribution < -0.4 is 5.32 Å². The summed E-state index contributed by atoms with van der Waals surface area (Å²) < 4.78 is 5.69. The quantitative estimate of drug-likeness (QED) is 0.787. The summed E-state index contributed by atoms with van der Waals surface area (Å²) in [6, 6.07) is 9.21. The van der Waals surface area contributed by atoms with Gasteiger partial charge in [-0.25, -0.2) is 0 Å². The highest BCUT2D eigenvalue weighted by molar-refractivity contribution is 5.23. The number of benzene rings is 1. The lowest BCUT2D eigenvalue weighted by atomic mass is 10.1. The molecule has 0 amide bonds. The van der Waals surface area contributed by atoms with Crippen LogP contribution in [0.3, 0.4) is 0 Å². The van der Waals surface area contributed by atoms with Crippen molar-refractivity contribution in [2.24, 2.45) is 0 Å². The molecule has 3 rings (SSSR count). The smallest absolute Gasteiger partial charge is 0.220 e. The van der Waals surface area contributed by atoms with Crippen molar-refractivity contribution >= 4 is 0 Å². The highest BCUT2D eigenvalue weighted by Crippen LogP contribution is 2.18. The third-order valence-electron chi connectivity index (χ3n) is 3.56. The van der Waals surface area contributed by atoms with Crippen LogP contribution in [0.25, 0.3) is 0 Å². The average Bonchev–Trinajstić information content (AvgIpc) is 3.17. The maximum absolute atomic E-state index is 5.69. The van der Waals surface area contributed by atoms with Gasteiger partial charge >= 0.3 is 0 Å². The third-order valence-corrected chi connectivity index (χ3v) is 3.56. The van der Waals surface area contributed by atoms with Gasteiger partial charge in [0, 0.05) is 12.5 Å². The zero-order valence-electron chi connectivity index (χ0n) is 11.9. The van der Waals surface area contributed by atoms with Gasteiger partial charge in [0.05, 0.1) is 6.42 Å². The minimum atomic E-state index is 0.707. The summed E-state index contributed by atoms with van der Waals surface area (Å²) in [5.41, 5.74) is 2.48. The Balaban J connectivity index is 1.46. The number of hydrogen-bond acceptors (Lipinski definition) is 4. The Hall–Kier alpha value is -1.68. The van der Waals surface area contributed by atoms with Gasteiger partial charge in [0.15, 0.2) is 0 Å². The molecule has 0 bridgehead atoms. The molecule has 0 radical (unpaired) electrons. The highest BCUT2D eigenvalue weighted by atomic mass is 16.4. The Bertz CT molecular complexity index is 543. The van der Waals surface area contributed by atoms with E-state index in [4.69, 9.17) is 4.42 Å². The highest BCUT2D eigenvalue weighted by Gasteiger charge is 2.19. The summed E-state index contributed by atoms with van der Waals surface area (Å²) in [6.45, 7) is 3.13. The Morgan fingerprint density at radius 2 is 1.90 bits per heavy atom. The van der Waals surface area contributed by atoms with E-state index in [2.05, 4.69) is 46.7 Å². The maximum Gasteiger partial charge on any atom is 0.220 e. The van der Waals surface area contributed by atoms with Gasteiger partial charge in [0.2, 0.25) is 11.8 Å². The summed E-state index contributed by atoms with van der Waals surface area (Å²) in [5, 5.41) is 11.7. The molecule has 1 aliphatic carbocycles. The first-order valence-corrected chi connectivity index (χ1v) is 7.40. The third kappa shape index (κ3) is 3.90. The number of hydrogen-bond donors (Lipinski definition) is 1. The number of nitrogens with zero attached hydrogens (tertiary/aromatic N) is 2. The summed E-state index contributed by atoms with van der Waals surface area (Å²) in [5.74, 6) is 1.46. The molecule has 1 fully saturated rings.